The maximum absolute atomic E-state index is 12.5. The fraction of sp³-hybridized carbons (Fsp3) is 0.267. The lowest BCUT2D eigenvalue weighted by atomic mass is 10.3. The van der Waals surface area contributed by atoms with Gasteiger partial charge in [-0.05, 0) is 29.8 Å². The van der Waals surface area contributed by atoms with Crippen molar-refractivity contribution in [1.82, 2.24) is 14.9 Å². The highest BCUT2D eigenvalue weighted by atomic mass is 35.5. The molecule has 132 valence electrons. The van der Waals surface area contributed by atoms with Crippen molar-refractivity contribution < 1.29 is 4.79 Å². The third-order valence-corrected chi connectivity index (χ3v) is 4.74. The third kappa shape index (κ3) is 4.39. The van der Waals surface area contributed by atoms with Crippen LogP contribution in [0.3, 0.4) is 0 Å². The molecule has 0 unspecified atom stereocenters. The molecule has 1 aliphatic heterocycles. The first-order valence-electron chi connectivity index (χ1n) is 7.38. The average molecular weight is 421 g/mol. The molecule has 2 amide bonds. The summed E-state index contributed by atoms with van der Waals surface area (Å²) in [5.74, 6) is 0.740. The van der Waals surface area contributed by atoms with Gasteiger partial charge in [0.05, 0.1) is 15.7 Å². The predicted molar refractivity (Wildman–Crippen MR) is 101 cm³/mol. The van der Waals surface area contributed by atoms with Crippen LogP contribution in [0.1, 0.15) is 0 Å². The van der Waals surface area contributed by atoms with E-state index in [0.717, 1.165) is 5.82 Å². The van der Waals surface area contributed by atoms with Crippen LogP contribution in [0, 0.1) is 0 Å². The van der Waals surface area contributed by atoms with Gasteiger partial charge in [0.2, 0.25) is 5.28 Å². The van der Waals surface area contributed by atoms with Gasteiger partial charge in [0, 0.05) is 37.4 Å². The number of halogens is 4. The zero-order valence-corrected chi connectivity index (χ0v) is 15.9. The van der Waals surface area contributed by atoms with Crippen LogP contribution < -0.4 is 10.2 Å². The summed E-state index contributed by atoms with van der Waals surface area (Å²) < 4.78 is 0. The minimum Gasteiger partial charge on any atom is -0.353 e. The summed E-state index contributed by atoms with van der Waals surface area (Å²) >= 11 is 23.9. The van der Waals surface area contributed by atoms with Gasteiger partial charge in [0.25, 0.3) is 0 Å². The highest BCUT2D eigenvalue weighted by molar-refractivity contribution is 6.42. The lowest BCUT2D eigenvalue weighted by molar-refractivity contribution is 0.208. The van der Waals surface area contributed by atoms with E-state index in [2.05, 4.69) is 15.3 Å². The van der Waals surface area contributed by atoms with E-state index in [1.165, 1.54) is 12.1 Å². The van der Waals surface area contributed by atoms with Gasteiger partial charge in [-0.1, -0.05) is 34.8 Å². The van der Waals surface area contributed by atoms with E-state index in [1.807, 2.05) is 4.90 Å². The lowest BCUT2D eigenvalue weighted by Gasteiger charge is -2.35. The number of nitrogens with zero attached hydrogens (tertiary/aromatic N) is 4. The van der Waals surface area contributed by atoms with Crippen molar-refractivity contribution in [3.63, 3.8) is 0 Å². The summed E-state index contributed by atoms with van der Waals surface area (Å²) in [6.07, 6.45) is 1.61. The first-order chi connectivity index (χ1) is 11.9. The number of rotatable bonds is 2. The third-order valence-electron chi connectivity index (χ3n) is 3.74. The molecule has 1 fully saturated rings. The molecule has 1 N–H and O–H groups in total. The Morgan fingerprint density at radius 2 is 1.68 bits per heavy atom. The quantitative estimate of drug-likeness (QED) is 0.729. The van der Waals surface area contributed by atoms with Crippen LogP contribution in [-0.2, 0) is 0 Å². The summed E-state index contributed by atoms with van der Waals surface area (Å²) in [6.45, 7) is 2.30. The summed E-state index contributed by atoms with van der Waals surface area (Å²) in [5.41, 5.74) is 0.350. The number of piperazine rings is 1. The summed E-state index contributed by atoms with van der Waals surface area (Å²) in [6, 6.07) is 4.57. The second-order valence-corrected chi connectivity index (χ2v) is 6.92. The van der Waals surface area contributed by atoms with Gasteiger partial charge >= 0.3 is 6.03 Å². The number of benzene rings is 1. The number of hydrogen-bond donors (Lipinski definition) is 1. The average Bonchev–Trinajstić information content (AvgIpc) is 2.58. The highest BCUT2D eigenvalue weighted by Crippen LogP contribution is 2.33. The first-order valence-corrected chi connectivity index (χ1v) is 8.89. The van der Waals surface area contributed by atoms with Crippen molar-refractivity contribution in [1.29, 1.82) is 0 Å². The molecule has 2 aromatic rings. The molecule has 6 nitrogen and oxygen atoms in total. The van der Waals surface area contributed by atoms with E-state index in [0.29, 0.717) is 46.9 Å². The monoisotopic (exact) mass is 419 g/mol. The Morgan fingerprint density at radius 1 is 1.04 bits per heavy atom. The molecule has 3 rings (SSSR count). The summed E-state index contributed by atoms with van der Waals surface area (Å²) in [7, 11) is 0. The molecule has 25 heavy (non-hydrogen) atoms. The van der Waals surface area contributed by atoms with Crippen LogP contribution in [0.25, 0.3) is 0 Å². The smallest absolute Gasteiger partial charge is 0.322 e. The number of hydrogen-bond acceptors (Lipinski definition) is 4. The van der Waals surface area contributed by atoms with Crippen LogP contribution in [-0.4, -0.2) is 47.1 Å². The highest BCUT2D eigenvalue weighted by Gasteiger charge is 2.23. The molecule has 0 saturated carbocycles. The molecule has 0 bridgehead atoms. The van der Waals surface area contributed by atoms with E-state index in [1.54, 1.807) is 17.2 Å². The topological polar surface area (TPSA) is 61.4 Å². The second kappa shape index (κ2) is 7.83. The number of urea groups is 1. The molecule has 10 heteroatoms. The van der Waals surface area contributed by atoms with Crippen molar-refractivity contribution in [2.45, 2.75) is 0 Å². The Balaban J connectivity index is 1.62. The van der Waals surface area contributed by atoms with Crippen LogP contribution in [0.5, 0.6) is 0 Å². The maximum atomic E-state index is 12.5. The summed E-state index contributed by atoms with van der Waals surface area (Å²) in [5, 5.41) is 3.93. The molecule has 1 saturated heterocycles. The molecule has 2 heterocycles. The van der Waals surface area contributed by atoms with E-state index >= 15 is 0 Å². The van der Waals surface area contributed by atoms with Crippen LogP contribution in [0.15, 0.2) is 24.4 Å². The molecule has 0 radical (unpaired) electrons. The van der Waals surface area contributed by atoms with E-state index < -0.39 is 0 Å². The Bertz CT molecular complexity index is 772. The second-order valence-electron chi connectivity index (χ2n) is 5.33. The van der Waals surface area contributed by atoms with Crippen LogP contribution in [0.4, 0.5) is 16.3 Å². The Morgan fingerprint density at radius 3 is 2.28 bits per heavy atom. The lowest BCUT2D eigenvalue weighted by Crippen LogP contribution is -2.50. The predicted octanol–water partition coefficient (Wildman–Crippen LogP) is 4.44. The van der Waals surface area contributed by atoms with Gasteiger partial charge in [-0.2, -0.15) is 0 Å². The van der Waals surface area contributed by atoms with E-state index in [4.69, 9.17) is 46.4 Å². The van der Waals surface area contributed by atoms with Gasteiger partial charge in [-0.3, -0.25) is 0 Å². The fourth-order valence-corrected chi connectivity index (χ4v) is 3.54. The molecule has 0 atom stereocenters. The molecule has 1 aromatic carbocycles. The zero-order valence-electron chi connectivity index (χ0n) is 12.8. The number of amides is 2. The van der Waals surface area contributed by atoms with Crippen LogP contribution in [0.2, 0.25) is 20.4 Å². The molecule has 1 aliphatic rings. The van der Waals surface area contributed by atoms with Gasteiger partial charge in [0.15, 0.2) is 0 Å². The van der Waals surface area contributed by atoms with Gasteiger partial charge in [-0.15, -0.1) is 0 Å². The van der Waals surface area contributed by atoms with E-state index in [9.17, 15) is 4.79 Å². The van der Waals surface area contributed by atoms with Gasteiger partial charge in [-0.25, -0.2) is 14.8 Å². The minimum absolute atomic E-state index is 0.199. The largest absolute Gasteiger partial charge is 0.353 e. The number of nitrogens with one attached hydrogen (secondary N) is 1. The number of carbonyl (C=O) groups excluding carboxylic acids is 1. The van der Waals surface area contributed by atoms with Crippen molar-refractivity contribution in [2.75, 3.05) is 36.4 Å². The molecule has 1 aromatic heterocycles. The standard InChI is InChI=1S/C15H13Cl4N5O/c16-9-7-10(17)13(11(18)8-9)22-15(25)24-5-3-23(4-6-24)12-1-2-20-14(19)21-12/h1-2,7-8H,3-6H2,(H,22,25). The number of anilines is 2. The van der Waals surface area contributed by atoms with Crippen LogP contribution >= 0.6 is 46.4 Å². The molecule has 0 aliphatic carbocycles. The van der Waals surface area contributed by atoms with E-state index in [-0.39, 0.29) is 11.3 Å². The number of aromatic nitrogens is 2. The molecule has 0 spiro atoms. The first kappa shape index (κ1) is 18.3. The number of carbonyl (C=O) groups is 1. The molecular formula is C15H13Cl4N5O. The van der Waals surface area contributed by atoms with Gasteiger partial charge < -0.3 is 15.1 Å². The normalized spacial score (nSPS) is 14.6. The van der Waals surface area contributed by atoms with Crippen molar-refractivity contribution in [2.24, 2.45) is 0 Å². The van der Waals surface area contributed by atoms with Crippen molar-refractivity contribution >= 4 is 63.9 Å². The Kier molecular flexibility index (Phi) is 5.74. The Hall–Kier alpha value is -1.47. The minimum atomic E-state index is -0.272. The van der Waals surface area contributed by atoms with Crippen molar-refractivity contribution in [3.8, 4) is 0 Å². The zero-order chi connectivity index (χ0) is 18.0. The maximum Gasteiger partial charge on any atom is 0.322 e. The summed E-state index contributed by atoms with van der Waals surface area (Å²) in [4.78, 5) is 24.2. The molecular weight excluding hydrogens is 408 g/mol. The van der Waals surface area contributed by atoms with Crippen molar-refractivity contribution in [3.05, 3.63) is 44.7 Å². The van der Waals surface area contributed by atoms with Gasteiger partial charge in [0.1, 0.15) is 5.82 Å². The Labute approximate surface area is 164 Å². The fourth-order valence-electron chi connectivity index (χ4n) is 2.49. The SMILES string of the molecule is O=C(Nc1c(Cl)cc(Cl)cc1Cl)N1CCN(c2ccnc(Cl)n2)CC1.